The number of halogens is 1. The van der Waals surface area contributed by atoms with E-state index in [0.29, 0.717) is 29.2 Å². The van der Waals surface area contributed by atoms with Gasteiger partial charge in [0.1, 0.15) is 0 Å². The number of amides is 2. The van der Waals surface area contributed by atoms with Gasteiger partial charge in [0.25, 0.3) is 11.8 Å². The molecule has 0 saturated carbocycles. The smallest absolute Gasteiger partial charge is 0.258 e. The summed E-state index contributed by atoms with van der Waals surface area (Å²) in [6.07, 6.45) is 2.51. The van der Waals surface area contributed by atoms with E-state index in [-0.39, 0.29) is 11.8 Å². The third-order valence-corrected chi connectivity index (χ3v) is 5.59. The summed E-state index contributed by atoms with van der Waals surface area (Å²) in [5.41, 5.74) is 4.33. The van der Waals surface area contributed by atoms with E-state index in [1.807, 2.05) is 30.3 Å². The first kappa shape index (κ1) is 20.2. The summed E-state index contributed by atoms with van der Waals surface area (Å²) in [4.78, 5) is 27.3. The summed E-state index contributed by atoms with van der Waals surface area (Å²) in [6, 6.07) is 22.6. The van der Waals surface area contributed by atoms with Crippen molar-refractivity contribution >= 4 is 29.1 Å². The average Bonchev–Trinajstić information content (AvgIpc) is 2.79. The number of nitrogens with one attached hydrogen (secondary N) is 1. The quantitative estimate of drug-likeness (QED) is 0.640. The molecule has 0 radical (unpaired) electrons. The molecule has 0 unspecified atom stereocenters. The second-order valence-electron chi connectivity index (χ2n) is 7.40. The van der Waals surface area contributed by atoms with Crippen LogP contribution in [0.3, 0.4) is 0 Å². The molecule has 0 atom stereocenters. The van der Waals surface area contributed by atoms with E-state index < -0.39 is 0 Å². The molecule has 0 aromatic heterocycles. The maximum Gasteiger partial charge on any atom is 0.258 e. The Bertz CT molecular complexity index is 1050. The molecule has 30 heavy (non-hydrogen) atoms. The molecule has 1 N–H and O–H groups in total. The van der Waals surface area contributed by atoms with Gasteiger partial charge >= 0.3 is 0 Å². The second kappa shape index (κ2) is 9.14. The van der Waals surface area contributed by atoms with Gasteiger partial charge in [-0.2, -0.15) is 0 Å². The zero-order valence-corrected chi connectivity index (χ0v) is 17.4. The second-order valence-corrected chi connectivity index (χ2v) is 7.84. The molecule has 4 nitrogen and oxygen atoms in total. The molecule has 0 aliphatic carbocycles. The number of carbonyl (C=O) groups excluding carboxylic acids is 2. The highest BCUT2D eigenvalue weighted by molar-refractivity contribution is 6.30. The molecule has 1 aliphatic heterocycles. The van der Waals surface area contributed by atoms with E-state index in [9.17, 15) is 9.59 Å². The SMILES string of the molecule is O=C(NCCc1ccccc1)c1ccc2c(c1)CCCN2C(=O)c1ccc(Cl)cc1. The molecule has 1 aliphatic rings. The van der Waals surface area contributed by atoms with Crippen molar-refractivity contribution in [3.05, 3.63) is 100 Å². The van der Waals surface area contributed by atoms with Crippen LogP contribution in [-0.2, 0) is 12.8 Å². The van der Waals surface area contributed by atoms with Gasteiger partial charge in [-0.15, -0.1) is 0 Å². The van der Waals surface area contributed by atoms with Crippen molar-refractivity contribution in [2.45, 2.75) is 19.3 Å². The number of hydrogen-bond acceptors (Lipinski definition) is 2. The summed E-state index contributed by atoms with van der Waals surface area (Å²) in [5.74, 6) is -0.137. The van der Waals surface area contributed by atoms with Crippen LogP contribution in [0.2, 0.25) is 5.02 Å². The van der Waals surface area contributed by atoms with Crippen LogP contribution < -0.4 is 10.2 Å². The summed E-state index contributed by atoms with van der Waals surface area (Å²) < 4.78 is 0. The molecule has 0 bridgehead atoms. The molecule has 0 spiro atoms. The number of fused-ring (bicyclic) bond motifs is 1. The highest BCUT2D eigenvalue weighted by Gasteiger charge is 2.24. The number of rotatable bonds is 5. The van der Waals surface area contributed by atoms with Gasteiger partial charge in [0.15, 0.2) is 0 Å². The molecule has 152 valence electrons. The number of carbonyl (C=O) groups is 2. The molecule has 0 fully saturated rings. The molecular formula is C25H23ClN2O2. The van der Waals surface area contributed by atoms with Crippen molar-refractivity contribution in [2.24, 2.45) is 0 Å². The molecule has 2 amide bonds. The Morgan fingerprint density at radius 1 is 0.933 bits per heavy atom. The Hall–Kier alpha value is -3.11. The van der Waals surface area contributed by atoms with E-state index in [2.05, 4.69) is 17.4 Å². The van der Waals surface area contributed by atoms with Crippen molar-refractivity contribution in [1.82, 2.24) is 5.32 Å². The van der Waals surface area contributed by atoms with E-state index >= 15 is 0 Å². The van der Waals surface area contributed by atoms with Crippen LogP contribution in [-0.4, -0.2) is 24.9 Å². The van der Waals surface area contributed by atoms with Crippen LogP contribution >= 0.6 is 11.6 Å². The molecular weight excluding hydrogens is 396 g/mol. The fourth-order valence-electron chi connectivity index (χ4n) is 3.76. The van der Waals surface area contributed by atoms with Crippen molar-refractivity contribution in [1.29, 1.82) is 0 Å². The fourth-order valence-corrected chi connectivity index (χ4v) is 3.89. The predicted molar refractivity (Wildman–Crippen MR) is 120 cm³/mol. The Morgan fingerprint density at radius 3 is 2.43 bits per heavy atom. The molecule has 5 heteroatoms. The first-order valence-electron chi connectivity index (χ1n) is 10.1. The van der Waals surface area contributed by atoms with Gasteiger partial charge in [0.05, 0.1) is 0 Å². The number of nitrogens with zero attached hydrogens (tertiary/aromatic N) is 1. The highest BCUT2D eigenvalue weighted by atomic mass is 35.5. The van der Waals surface area contributed by atoms with Crippen molar-refractivity contribution < 1.29 is 9.59 Å². The third-order valence-electron chi connectivity index (χ3n) is 5.34. The van der Waals surface area contributed by atoms with E-state index in [1.54, 1.807) is 35.2 Å². The normalized spacial score (nSPS) is 12.9. The Morgan fingerprint density at radius 2 is 1.67 bits per heavy atom. The molecule has 0 saturated heterocycles. The van der Waals surface area contributed by atoms with Gasteiger partial charge < -0.3 is 10.2 Å². The fraction of sp³-hybridized carbons (Fsp3) is 0.200. The van der Waals surface area contributed by atoms with E-state index in [1.165, 1.54) is 5.56 Å². The average molecular weight is 419 g/mol. The zero-order chi connectivity index (χ0) is 20.9. The number of benzene rings is 3. The van der Waals surface area contributed by atoms with Gasteiger partial charge in [-0.25, -0.2) is 0 Å². The lowest BCUT2D eigenvalue weighted by atomic mass is 9.98. The molecule has 1 heterocycles. The third kappa shape index (κ3) is 4.55. The van der Waals surface area contributed by atoms with E-state index in [0.717, 1.165) is 30.5 Å². The monoisotopic (exact) mass is 418 g/mol. The van der Waals surface area contributed by atoms with Crippen molar-refractivity contribution in [3.8, 4) is 0 Å². The zero-order valence-electron chi connectivity index (χ0n) is 16.6. The lowest BCUT2D eigenvalue weighted by Crippen LogP contribution is -2.35. The van der Waals surface area contributed by atoms with Crippen LogP contribution in [0, 0.1) is 0 Å². The van der Waals surface area contributed by atoms with Crippen LogP contribution in [0.15, 0.2) is 72.8 Å². The van der Waals surface area contributed by atoms with Crippen LogP contribution in [0.25, 0.3) is 0 Å². The Balaban J connectivity index is 1.45. The minimum Gasteiger partial charge on any atom is -0.352 e. The number of aryl methyl sites for hydroxylation is 1. The number of hydrogen-bond donors (Lipinski definition) is 1. The Kier molecular flexibility index (Phi) is 6.15. The first-order valence-corrected chi connectivity index (χ1v) is 10.5. The highest BCUT2D eigenvalue weighted by Crippen LogP contribution is 2.29. The largest absolute Gasteiger partial charge is 0.352 e. The minimum absolute atomic E-state index is 0.0484. The maximum atomic E-state index is 13.0. The van der Waals surface area contributed by atoms with Gasteiger partial charge in [-0.3, -0.25) is 9.59 Å². The summed E-state index contributed by atoms with van der Waals surface area (Å²) in [7, 11) is 0. The van der Waals surface area contributed by atoms with Gasteiger partial charge in [-0.1, -0.05) is 41.9 Å². The number of anilines is 1. The first-order chi connectivity index (χ1) is 14.6. The topological polar surface area (TPSA) is 49.4 Å². The lowest BCUT2D eigenvalue weighted by molar-refractivity contribution is 0.0953. The van der Waals surface area contributed by atoms with Gasteiger partial charge in [-0.05, 0) is 72.9 Å². The van der Waals surface area contributed by atoms with E-state index in [4.69, 9.17) is 11.6 Å². The van der Waals surface area contributed by atoms with Crippen LogP contribution in [0.5, 0.6) is 0 Å². The summed E-state index contributed by atoms with van der Waals surface area (Å²) in [5, 5.41) is 3.59. The summed E-state index contributed by atoms with van der Waals surface area (Å²) >= 11 is 5.94. The van der Waals surface area contributed by atoms with Gasteiger partial charge in [0.2, 0.25) is 0 Å². The van der Waals surface area contributed by atoms with Crippen molar-refractivity contribution in [3.63, 3.8) is 0 Å². The van der Waals surface area contributed by atoms with Gasteiger partial charge in [0, 0.05) is 34.9 Å². The van der Waals surface area contributed by atoms with Crippen LogP contribution in [0.1, 0.15) is 38.3 Å². The Labute approximate surface area is 181 Å². The van der Waals surface area contributed by atoms with Crippen molar-refractivity contribution in [2.75, 3.05) is 18.0 Å². The van der Waals surface area contributed by atoms with Crippen LogP contribution in [0.4, 0.5) is 5.69 Å². The molecule has 4 rings (SSSR count). The minimum atomic E-state index is -0.0881. The summed E-state index contributed by atoms with van der Waals surface area (Å²) in [6.45, 7) is 1.25. The standard InChI is InChI=1S/C25H23ClN2O2/c26-22-11-8-19(9-12-22)25(30)28-16-4-7-20-17-21(10-13-23(20)28)24(29)27-15-14-18-5-2-1-3-6-18/h1-3,5-6,8-13,17H,4,7,14-16H2,(H,27,29). The molecule has 3 aromatic rings. The lowest BCUT2D eigenvalue weighted by Gasteiger charge is -2.30. The predicted octanol–water partition coefficient (Wildman–Crippen LogP) is 4.91. The molecule has 3 aromatic carbocycles. The maximum absolute atomic E-state index is 13.0.